The summed E-state index contributed by atoms with van der Waals surface area (Å²) in [6.45, 7) is 0. The van der Waals surface area contributed by atoms with Gasteiger partial charge in [0, 0.05) is 38.7 Å². The van der Waals surface area contributed by atoms with E-state index in [9.17, 15) is 8.78 Å². The Hall–Kier alpha value is -9.38. The minimum absolute atomic E-state index is 0.144. The van der Waals surface area contributed by atoms with E-state index in [1.165, 1.54) is 0 Å². The largest absolute Gasteiger partial charge is 0.307 e. The van der Waals surface area contributed by atoms with E-state index < -0.39 is 86.8 Å². The van der Waals surface area contributed by atoms with Crippen LogP contribution >= 0.6 is 0 Å². The first-order chi connectivity index (χ1) is 35.4. The Kier molecular flexibility index (Phi) is 9.61. The molecule has 0 N–H and O–H groups in total. The smallest absolute Gasteiger partial charge is 0.200 e. The summed E-state index contributed by atoms with van der Waals surface area (Å²) in [6.07, 6.45) is 1.66. The summed E-state index contributed by atoms with van der Waals surface area (Å²) in [5, 5.41) is 3.98. The minimum atomic E-state index is -2.55. The van der Waals surface area contributed by atoms with Crippen molar-refractivity contribution in [1.29, 1.82) is 0 Å². The number of rotatable bonds is 6. The molecular weight excluding hydrogens is 961 g/mol. The van der Waals surface area contributed by atoms with Crippen LogP contribution in [0.15, 0.2) is 152 Å². The van der Waals surface area contributed by atoms with Gasteiger partial charge >= 0.3 is 0 Å². The van der Waals surface area contributed by atoms with E-state index in [1.54, 1.807) is 24.4 Å². The molecule has 0 radical (unpaired) electrons. The SMILES string of the molecule is Fc1c(F)c(F)c(-c2nc(-c3cc(-n4c5ccccc5c5ccccc54)c(-n4c5ccccc5c5ncccc54)c(-n4c5ccccc5c5ccccc54)c3)nc(-c3c(F)c(F)c(F)c(F)c3F)n2)c(F)c1F. The molecule has 0 saturated heterocycles. The molecule has 17 heteroatoms. The molecule has 0 fully saturated rings. The lowest BCUT2D eigenvalue weighted by Crippen LogP contribution is -2.12. The first-order valence-corrected chi connectivity index (χ1v) is 22.2. The third kappa shape index (κ3) is 6.20. The molecule has 0 aliphatic rings. The van der Waals surface area contributed by atoms with Crippen LogP contribution in [0.4, 0.5) is 43.9 Å². The molecule has 5 heterocycles. The first-order valence-electron chi connectivity index (χ1n) is 22.2. The third-order valence-electron chi connectivity index (χ3n) is 13.1. The predicted molar refractivity (Wildman–Crippen MR) is 257 cm³/mol. The molecule has 13 rings (SSSR count). The zero-order valence-electron chi connectivity index (χ0n) is 36.8. The normalized spacial score (nSPS) is 12.0. The lowest BCUT2D eigenvalue weighted by Gasteiger charge is -2.23. The van der Waals surface area contributed by atoms with Gasteiger partial charge in [0.05, 0.1) is 66.8 Å². The van der Waals surface area contributed by atoms with Gasteiger partial charge in [-0.2, -0.15) is 0 Å². The molecule has 5 aromatic heterocycles. The zero-order valence-corrected chi connectivity index (χ0v) is 36.8. The average Bonchev–Trinajstić information content (AvgIpc) is 4.06. The van der Waals surface area contributed by atoms with Gasteiger partial charge in [-0.1, -0.05) is 91.0 Å². The Balaban J connectivity index is 1.27. The summed E-state index contributed by atoms with van der Waals surface area (Å²) in [5.74, 6) is -28.2. The summed E-state index contributed by atoms with van der Waals surface area (Å²) >= 11 is 0. The van der Waals surface area contributed by atoms with Crippen LogP contribution < -0.4 is 0 Å². The van der Waals surface area contributed by atoms with Crippen LogP contribution in [-0.4, -0.2) is 33.6 Å². The Labute approximate surface area is 403 Å². The molecule has 354 valence electrons. The maximum absolute atomic E-state index is 15.9. The molecule has 0 aliphatic heterocycles. The Morgan fingerprint density at radius 3 is 1.01 bits per heavy atom. The van der Waals surface area contributed by atoms with Crippen molar-refractivity contribution in [1.82, 2.24) is 33.6 Å². The van der Waals surface area contributed by atoms with Crippen molar-refractivity contribution in [2.45, 2.75) is 0 Å². The number of pyridine rings is 1. The number of nitrogens with zero attached hydrogens (tertiary/aromatic N) is 7. The van der Waals surface area contributed by atoms with Crippen molar-refractivity contribution >= 4 is 65.5 Å². The molecule has 0 saturated carbocycles. The second kappa shape index (κ2) is 16.1. The molecule has 0 atom stereocenters. The van der Waals surface area contributed by atoms with Crippen LogP contribution in [0.25, 0.3) is 117 Å². The highest BCUT2D eigenvalue weighted by atomic mass is 19.2. The van der Waals surface area contributed by atoms with Gasteiger partial charge in [-0.15, -0.1) is 0 Å². The molecule has 8 aromatic carbocycles. The highest BCUT2D eigenvalue weighted by Crippen LogP contribution is 2.45. The number of para-hydroxylation sites is 5. The Bertz CT molecular complexity index is 4100. The fraction of sp³-hybridized carbons (Fsp3) is 0. The van der Waals surface area contributed by atoms with Gasteiger partial charge in [0.2, 0.25) is 11.6 Å². The molecule has 0 unspecified atom stereocenters. The first kappa shape index (κ1) is 43.6. The zero-order chi connectivity index (χ0) is 50.1. The van der Waals surface area contributed by atoms with Crippen LogP contribution in [0, 0.1) is 58.2 Å². The summed E-state index contributed by atoms with van der Waals surface area (Å²) < 4.78 is 159. The van der Waals surface area contributed by atoms with Gasteiger partial charge in [0.15, 0.2) is 64.0 Å². The van der Waals surface area contributed by atoms with Crippen LogP contribution in [0.5, 0.6) is 0 Å². The summed E-state index contributed by atoms with van der Waals surface area (Å²) in [5.41, 5.74) is 2.08. The average molecular weight is 986 g/mol. The monoisotopic (exact) mass is 985 g/mol. The fourth-order valence-electron chi connectivity index (χ4n) is 10.0. The van der Waals surface area contributed by atoms with Crippen molar-refractivity contribution in [3.63, 3.8) is 0 Å². The number of halogens is 10. The van der Waals surface area contributed by atoms with E-state index in [2.05, 4.69) is 15.0 Å². The lowest BCUT2D eigenvalue weighted by atomic mass is 10.1. The summed E-state index contributed by atoms with van der Waals surface area (Å²) in [6, 6.07) is 44.3. The van der Waals surface area contributed by atoms with Crippen molar-refractivity contribution in [2.24, 2.45) is 0 Å². The number of fused-ring (bicyclic) bond motifs is 9. The van der Waals surface area contributed by atoms with Gasteiger partial charge in [0.1, 0.15) is 0 Å². The second-order valence-corrected chi connectivity index (χ2v) is 17.0. The number of aromatic nitrogens is 7. The van der Waals surface area contributed by atoms with E-state index in [-0.39, 0.29) is 5.56 Å². The molecule has 7 nitrogen and oxygen atoms in total. The highest BCUT2D eigenvalue weighted by Gasteiger charge is 2.34. The molecule has 13 aromatic rings. The van der Waals surface area contributed by atoms with E-state index in [0.29, 0.717) is 55.7 Å². The highest BCUT2D eigenvalue weighted by molar-refractivity contribution is 6.13. The third-order valence-corrected chi connectivity index (χ3v) is 13.1. The predicted octanol–water partition coefficient (Wildman–Crippen LogP) is 14.9. The lowest BCUT2D eigenvalue weighted by molar-refractivity contribution is 0.380. The van der Waals surface area contributed by atoms with Crippen molar-refractivity contribution in [2.75, 3.05) is 0 Å². The molecule has 73 heavy (non-hydrogen) atoms. The van der Waals surface area contributed by atoms with Gasteiger partial charge in [-0.25, -0.2) is 58.9 Å². The Morgan fingerprint density at radius 2 is 0.616 bits per heavy atom. The maximum atomic E-state index is 15.9. The summed E-state index contributed by atoms with van der Waals surface area (Å²) in [4.78, 5) is 17.0. The maximum Gasteiger partial charge on any atom is 0.200 e. The van der Waals surface area contributed by atoms with E-state index in [1.807, 2.05) is 141 Å². The van der Waals surface area contributed by atoms with Crippen LogP contribution in [-0.2, 0) is 0 Å². The van der Waals surface area contributed by atoms with Gasteiger partial charge in [-0.3, -0.25) is 4.98 Å². The molecule has 0 bridgehead atoms. The fourth-order valence-corrected chi connectivity index (χ4v) is 10.0. The van der Waals surface area contributed by atoms with E-state index >= 15 is 35.1 Å². The molecule has 0 spiro atoms. The van der Waals surface area contributed by atoms with Crippen molar-refractivity contribution < 1.29 is 43.9 Å². The van der Waals surface area contributed by atoms with Crippen LogP contribution in [0.1, 0.15) is 0 Å². The van der Waals surface area contributed by atoms with Crippen LogP contribution in [0.3, 0.4) is 0 Å². The molecule has 0 aliphatic carbocycles. The topological polar surface area (TPSA) is 66.3 Å². The number of hydrogen-bond donors (Lipinski definition) is 0. The number of hydrogen-bond acceptors (Lipinski definition) is 4. The second-order valence-electron chi connectivity index (χ2n) is 17.0. The quantitative estimate of drug-likeness (QED) is 0.0946. The van der Waals surface area contributed by atoms with Crippen molar-refractivity contribution in [3.8, 4) is 51.2 Å². The Morgan fingerprint density at radius 1 is 0.301 bits per heavy atom. The molecular formula is C56H25F10N7. The van der Waals surface area contributed by atoms with Crippen molar-refractivity contribution in [3.05, 3.63) is 210 Å². The van der Waals surface area contributed by atoms with Crippen LogP contribution in [0.2, 0.25) is 0 Å². The molecule has 0 amide bonds. The summed E-state index contributed by atoms with van der Waals surface area (Å²) in [7, 11) is 0. The van der Waals surface area contributed by atoms with Gasteiger partial charge < -0.3 is 13.7 Å². The van der Waals surface area contributed by atoms with Gasteiger partial charge in [-0.05, 0) is 54.6 Å². The number of benzene rings is 8. The standard InChI is InChI=1S/C56H25F10N7/c57-42-40(43(58)47(62)50(65)46(42)61)55-68-54(69-56(70-55)41-44(59)48(63)51(66)49(64)45(41)60)26-24-38(71-32-17-6-1-12-27(32)28-13-2-7-18-33(28)71)53(73-36-21-10-5-16-31(36)52-37(73)22-11-23-67-52)39(25-26)72-34-19-8-3-14-29(34)30-15-4-9-20-35(30)72/h1-25H. The minimum Gasteiger partial charge on any atom is -0.307 e. The van der Waals surface area contributed by atoms with E-state index in [4.69, 9.17) is 4.98 Å². The van der Waals surface area contributed by atoms with E-state index in [0.717, 1.165) is 26.9 Å². The van der Waals surface area contributed by atoms with Gasteiger partial charge in [0.25, 0.3) is 0 Å².